The van der Waals surface area contributed by atoms with Gasteiger partial charge in [-0.15, -0.1) is 0 Å². The molecule has 0 aromatic heterocycles. The van der Waals surface area contributed by atoms with Gasteiger partial charge in [0.1, 0.15) is 5.76 Å². The van der Waals surface area contributed by atoms with Crippen molar-refractivity contribution in [2.75, 3.05) is 40.5 Å². The van der Waals surface area contributed by atoms with Crippen LogP contribution < -0.4 is 0 Å². The van der Waals surface area contributed by atoms with Crippen LogP contribution in [0, 0.1) is 29.1 Å². The highest BCUT2D eigenvalue weighted by Gasteiger charge is 2.74. The van der Waals surface area contributed by atoms with Crippen LogP contribution in [0.1, 0.15) is 44.9 Å². The van der Waals surface area contributed by atoms with Crippen molar-refractivity contribution >= 4 is 0 Å². The molecule has 5 unspecified atom stereocenters. The number of hydrogen-bond donors (Lipinski definition) is 1. The Labute approximate surface area is 185 Å². The molecule has 0 aromatic carbocycles. The SMILES string of the molecule is COC1=C2O[C@H]3OCC4CCCCC4COCCC4(O)[C@H]5CC(C=C1)C2[C@@]34CCN5C. The van der Waals surface area contributed by atoms with Gasteiger partial charge in [-0.25, -0.2) is 0 Å². The number of ether oxygens (including phenoxy) is 4. The molecule has 3 aliphatic carbocycles. The number of methoxy groups -OCH3 is 1. The van der Waals surface area contributed by atoms with Crippen LogP contribution in [0.4, 0.5) is 0 Å². The Hall–Kier alpha value is -1.08. The van der Waals surface area contributed by atoms with Gasteiger partial charge in [0.25, 0.3) is 0 Å². The van der Waals surface area contributed by atoms with Crippen LogP contribution >= 0.6 is 0 Å². The molecule has 3 heterocycles. The molecule has 1 spiro atoms. The maximum absolute atomic E-state index is 12.5. The lowest BCUT2D eigenvalue weighted by molar-refractivity contribution is -0.283. The minimum atomic E-state index is -0.910. The fourth-order valence-corrected chi connectivity index (χ4v) is 8.02. The summed E-state index contributed by atoms with van der Waals surface area (Å²) in [6, 6.07) is 0.0805. The van der Waals surface area contributed by atoms with Crippen LogP contribution in [0.25, 0.3) is 0 Å². The summed E-state index contributed by atoms with van der Waals surface area (Å²) in [5, 5.41) is 12.5. The van der Waals surface area contributed by atoms with Crippen molar-refractivity contribution in [1.29, 1.82) is 0 Å². The van der Waals surface area contributed by atoms with E-state index in [0.29, 0.717) is 37.4 Å². The van der Waals surface area contributed by atoms with Gasteiger partial charge in [-0.1, -0.05) is 18.9 Å². The highest BCUT2D eigenvalue weighted by atomic mass is 16.7. The van der Waals surface area contributed by atoms with E-state index in [1.54, 1.807) is 7.11 Å². The molecule has 2 bridgehead atoms. The fourth-order valence-electron chi connectivity index (χ4n) is 8.02. The number of likely N-dealkylation sites (tertiary alicyclic amines) is 1. The lowest BCUT2D eigenvalue weighted by atomic mass is 9.48. The first-order valence-corrected chi connectivity index (χ1v) is 12.3. The molecule has 6 nitrogen and oxygen atoms in total. The van der Waals surface area contributed by atoms with Crippen LogP contribution in [0.2, 0.25) is 0 Å². The lowest BCUT2D eigenvalue weighted by Gasteiger charge is -2.63. The van der Waals surface area contributed by atoms with Gasteiger partial charge in [-0.05, 0) is 63.1 Å². The van der Waals surface area contributed by atoms with Gasteiger partial charge >= 0.3 is 0 Å². The van der Waals surface area contributed by atoms with Crippen molar-refractivity contribution in [3.8, 4) is 0 Å². The van der Waals surface area contributed by atoms with Gasteiger partial charge in [0.05, 0.1) is 24.7 Å². The number of nitrogens with zero attached hydrogens (tertiary/aromatic N) is 1. The van der Waals surface area contributed by atoms with Crippen LogP contribution in [0.3, 0.4) is 0 Å². The van der Waals surface area contributed by atoms with E-state index in [1.165, 1.54) is 25.7 Å². The molecule has 3 aliphatic heterocycles. The Balaban J connectivity index is 1.45. The van der Waals surface area contributed by atoms with Gasteiger partial charge in [0.2, 0.25) is 6.29 Å². The molecular formula is C25H37NO5. The molecule has 0 aromatic rings. The van der Waals surface area contributed by atoms with Crippen molar-refractivity contribution in [1.82, 2.24) is 4.90 Å². The molecule has 0 radical (unpaired) electrons. The monoisotopic (exact) mass is 431 g/mol. The van der Waals surface area contributed by atoms with E-state index in [2.05, 4.69) is 24.1 Å². The zero-order chi connectivity index (χ0) is 21.2. The minimum absolute atomic E-state index is 0.0805. The summed E-state index contributed by atoms with van der Waals surface area (Å²) in [5.41, 5.74) is -1.37. The van der Waals surface area contributed by atoms with Crippen molar-refractivity contribution < 1.29 is 24.1 Å². The van der Waals surface area contributed by atoms with Crippen molar-refractivity contribution in [2.45, 2.75) is 62.9 Å². The highest BCUT2D eigenvalue weighted by molar-refractivity contribution is 5.36. The average Bonchev–Trinajstić information content (AvgIpc) is 3.10. The van der Waals surface area contributed by atoms with E-state index < -0.39 is 17.3 Å². The number of rotatable bonds is 1. The van der Waals surface area contributed by atoms with Gasteiger partial charge in [0, 0.05) is 31.6 Å². The topological polar surface area (TPSA) is 60.4 Å². The van der Waals surface area contributed by atoms with Gasteiger partial charge in [-0.3, -0.25) is 0 Å². The second-order valence-corrected chi connectivity index (χ2v) is 10.8. The first-order chi connectivity index (χ1) is 15.1. The molecule has 0 amide bonds. The zero-order valence-corrected chi connectivity index (χ0v) is 18.9. The van der Waals surface area contributed by atoms with Crippen LogP contribution in [0.5, 0.6) is 0 Å². The summed E-state index contributed by atoms with van der Waals surface area (Å²) in [7, 11) is 3.87. The van der Waals surface area contributed by atoms with Crippen molar-refractivity contribution in [3.63, 3.8) is 0 Å². The molecular weight excluding hydrogens is 394 g/mol. The van der Waals surface area contributed by atoms with Gasteiger partial charge in [-0.2, -0.15) is 0 Å². The third kappa shape index (κ3) is 2.77. The Kier molecular flexibility index (Phi) is 4.95. The number of fused-ring (bicyclic) bond motifs is 1. The fraction of sp³-hybridized carbons (Fsp3) is 0.840. The number of hydrogen-bond acceptors (Lipinski definition) is 6. The molecule has 8 atom stereocenters. The van der Waals surface area contributed by atoms with Crippen molar-refractivity contribution in [3.05, 3.63) is 23.7 Å². The number of allylic oxidation sites excluding steroid dienone is 3. The standard InChI is InChI=1S/C25H37NO5/c1-26-11-9-24-21-16-7-8-19(28-2)22(21)31-23(24)30-15-18-6-4-3-5-17(18)14-29-12-10-25(24,27)20(26)13-16/h7-8,16-18,20-21,23,27H,3-6,9-15H2,1-2H3/t16?,17?,18?,20-,21?,23-,24+,25?/m1/s1. The van der Waals surface area contributed by atoms with Gasteiger partial charge in [0.15, 0.2) is 5.76 Å². The second-order valence-electron chi connectivity index (χ2n) is 10.8. The molecule has 6 rings (SSSR count). The second kappa shape index (κ2) is 7.47. The molecule has 31 heavy (non-hydrogen) atoms. The molecule has 1 N–H and O–H groups in total. The minimum Gasteiger partial charge on any atom is -0.493 e. The quantitative estimate of drug-likeness (QED) is 0.689. The average molecular weight is 432 g/mol. The lowest BCUT2D eigenvalue weighted by Crippen LogP contribution is -2.74. The summed E-state index contributed by atoms with van der Waals surface area (Å²) >= 11 is 0. The molecule has 2 saturated carbocycles. The third-order valence-electron chi connectivity index (χ3n) is 9.63. The Morgan fingerprint density at radius 2 is 1.97 bits per heavy atom. The van der Waals surface area contributed by atoms with Crippen LogP contribution in [-0.2, 0) is 18.9 Å². The summed E-state index contributed by atoms with van der Waals surface area (Å²) in [5.74, 6) is 3.21. The zero-order valence-electron chi connectivity index (χ0n) is 18.9. The number of aliphatic hydroxyl groups is 1. The predicted octanol–water partition coefficient (Wildman–Crippen LogP) is 3.07. The normalized spacial score (nSPS) is 49.5. The maximum Gasteiger partial charge on any atom is 0.208 e. The van der Waals surface area contributed by atoms with E-state index in [9.17, 15) is 5.11 Å². The van der Waals surface area contributed by atoms with E-state index in [1.807, 2.05) is 0 Å². The largest absolute Gasteiger partial charge is 0.493 e. The Morgan fingerprint density at radius 1 is 1.16 bits per heavy atom. The molecule has 6 aliphatic rings. The van der Waals surface area contributed by atoms with Crippen molar-refractivity contribution in [2.24, 2.45) is 29.1 Å². The third-order valence-corrected chi connectivity index (χ3v) is 9.63. The summed E-state index contributed by atoms with van der Waals surface area (Å²) in [6.45, 7) is 3.03. The summed E-state index contributed by atoms with van der Waals surface area (Å²) in [6.07, 6.45) is 11.3. The highest BCUT2D eigenvalue weighted by Crippen LogP contribution is 2.67. The smallest absolute Gasteiger partial charge is 0.208 e. The molecule has 6 heteroatoms. The van der Waals surface area contributed by atoms with E-state index in [0.717, 1.165) is 37.5 Å². The molecule has 172 valence electrons. The Morgan fingerprint density at radius 3 is 2.77 bits per heavy atom. The van der Waals surface area contributed by atoms with Crippen LogP contribution in [0.15, 0.2) is 23.7 Å². The molecule has 3 saturated heterocycles. The molecule has 5 fully saturated rings. The van der Waals surface area contributed by atoms with E-state index in [-0.39, 0.29) is 12.0 Å². The maximum atomic E-state index is 12.5. The van der Waals surface area contributed by atoms with Gasteiger partial charge < -0.3 is 29.0 Å². The van der Waals surface area contributed by atoms with E-state index in [4.69, 9.17) is 18.9 Å². The summed E-state index contributed by atoms with van der Waals surface area (Å²) in [4.78, 5) is 2.36. The first-order valence-electron chi connectivity index (χ1n) is 12.3. The van der Waals surface area contributed by atoms with E-state index >= 15 is 0 Å². The predicted molar refractivity (Wildman–Crippen MR) is 115 cm³/mol. The van der Waals surface area contributed by atoms with Crippen LogP contribution in [-0.4, -0.2) is 68.5 Å². The number of likely N-dealkylation sites (N-methyl/N-ethyl adjacent to an activating group) is 1. The number of piperidine rings is 1. The first kappa shape index (κ1) is 20.5. The Bertz CT molecular complexity index is 782. The summed E-state index contributed by atoms with van der Waals surface area (Å²) < 4.78 is 25.3.